The molecule has 3 heterocycles. The van der Waals surface area contributed by atoms with Crippen LogP contribution in [0.5, 0.6) is 0 Å². The molecule has 2 aromatic heterocycles. The quantitative estimate of drug-likeness (QED) is 0.286. The Labute approximate surface area is 218 Å². The Kier molecular flexibility index (Phi) is 6.62. The summed E-state index contributed by atoms with van der Waals surface area (Å²) in [6.07, 6.45) is 1.66. The monoisotopic (exact) mass is 525 g/mol. The number of para-hydroxylation sites is 1. The maximum atomic E-state index is 14.9. The van der Waals surface area contributed by atoms with Crippen LogP contribution >= 0.6 is 11.6 Å². The van der Waals surface area contributed by atoms with Crippen LogP contribution in [0.1, 0.15) is 45.2 Å². The molecule has 5 rings (SSSR count). The molecule has 37 heavy (non-hydrogen) atoms. The molecule has 0 radical (unpaired) electrons. The summed E-state index contributed by atoms with van der Waals surface area (Å²) in [6.45, 7) is 8.27. The molecule has 0 unspecified atom stereocenters. The minimum Gasteiger partial charge on any atom is -0.298 e. The lowest BCUT2D eigenvalue weighted by Gasteiger charge is -2.40. The van der Waals surface area contributed by atoms with E-state index >= 15 is 0 Å². The number of halogens is 4. The number of piperidine rings is 1. The van der Waals surface area contributed by atoms with E-state index in [9.17, 15) is 18.0 Å². The van der Waals surface area contributed by atoms with Gasteiger partial charge in [-0.25, -0.2) is 13.2 Å². The van der Waals surface area contributed by atoms with Crippen molar-refractivity contribution in [3.8, 4) is 16.9 Å². The highest BCUT2D eigenvalue weighted by Crippen LogP contribution is 2.37. The van der Waals surface area contributed by atoms with E-state index in [0.717, 1.165) is 42.6 Å². The fraction of sp³-hybridized carbons (Fsp3) is 0.310. The van der Waals surface area contributed by atoms with Crippen LogP contribution < -0.4 is 5.56 Å². The van der Waals surface area contributed by atoms with Gasteiger partial charge in [-0.3, -0.25) is 19.2 Å². The van der Waals surface area contributed by atoms with Crippen molar-refractivity contribution in [1.82, 2.24) is 14.5 Å². The molecule has 1 saturated heterocycles. The third-order valence-corrected chi connectivity index (χ3v) is 7.43. The highest BCUT2D eigenvalue weighted by atomic mass is 35.5. The first kappa shape index (κ1) is 25.5. The van der Waals surface area contributed by atoms with Crippen LogP contribution in [0.4, 0.5) is 13.2 Å². The Hall–Kier alpha value is -3.16. The average Bonchev–Trinajstić information content (AvgIpc) is 2.84. The van der Waals surface area contributed by atoms with Crippen LogP contribution in [0.25, 0.3) is 27.8 Å². The molecule has 0 aliphatic carbocycles. The molecular formula is C29H27ClF3N3O. The second-order valence-electron chi connectivity index (χ2n) is 10.5. The zero-order valence-corrected chi connectivity index (χ0v) is 21.6. The predicted molar refractivity (Wildman–Crippen MR) is 141 cm³/mol. The molecule has 0 N–H and O–H groups in total. The van der Waals surface area contributed by atoms with Crippen LogP contribution in [0.2, 0.25) is 5.02 Å². The van der Waals surface area contributed by atoms with Gasteiger partial charge in [-0.2, -0.15) is 0 Å². The van der Waals surface area contributed by atoms with Crippen molar-refractivity contribution in [2.45, 2.75) is 45.1 Å². The summed E-state index contributed by atoms with van der Waals surface area (Å²) < 4.78 is 44.7. The van der Waals surface area contributed by atoms with Crippen molar-refractivity contribution in [2.24, 2.45) is 0 Å². The number of aromatic nitrogens is 2. The Bertz CT molecular complexity index is 1530. The van der Waals surface area contributed by atoms with Gasteiger partial charge in [-0.1, -0.05) is 17.7 Å². The molecule has 0 amide bonds. The van der Waals surface area contributed by atoms with Gasteiger partial charge in [0, 0.05) is 34.2 Å². The molecule has 1 aliphatic rings. The Morgan fingerprint density at radius 1 is 0.946 bits per heavy atom. The number of hydrogen-bond donors (Lipinski definition) is 0. The molecule has 0 atom stereocenters. The summed E-state index contributed by atoms with van der Waals surface area (Å²) in [7, 11) is 0. The number of pyridine rings is 2. The molecule has 0 spiro atoms. The van der Waals surface area contributed by atoms with Crippen LogP contribution in [-0.2, 0) is 0 Å². The van der Waals surface area contributed by atoms with Gasteiger partial charge in [-0.05, 0) is 89.2 Å². The zero-order chi connectivity index (χ0) is 26.5. The van der Waals surface area contributed by atoms with E-state index in [1.54, 1.807) is 12.1 Å². The van der Waals surface area contributed by atoms with Crippen molar-refractivity contribution in [3.63, 3.8) is 0 Å². The summed E-state index contributed by atoms with van der Waals surface area (Å²) in [5.74, 6) is -2.13. The van der Waals surface area contributed by atoms with Gasteiger partial charge in [0.15, 0.2) is 0 Å². The summed E-state index contributed by atoms with van der Waals surface area (Å²) in [6, 6.07) is 12.1. The number of rotatable bonds is 3. The van der Waals surface area contributed by atoms with Crippen LogP contribution in [-0.4, -0.2) is 33.1 Å². The van der Waals surface area contributed by atoms with Gasteiger partial charge in [0.05, 0.1) is 16.2 Å². The molecule has 8 heteroatoms. The number of benzene rings is 2. The molecule has 4 nitrogen and oxygen atoms in total. The minimum absolute atomic E-state index is 0.0391. The van der Waals surface area contributed by atoms with Crippen molar-refractivity contribution in [3.05, 3.63) is 93.1 Å². The molecule has 192 valence electrons. The fourth-order valence-corrected chi connectivity index (χ4v) is 5.39. The van der Waals surface area contributed by atoms with Crippen LogP contribution in [0, 0.1) is 17.5 Å². The highest BCUT2D eigenvalue weighted by molar-refractivity contribution is 6.33. The number of hydrogen-bond acceptors (Lipinski definition) is 3. The first-order valence-corrected chi connectivity index (χ1v) is 12.6. The third-order valence-electron chi connectivity index (χ3n) is 7.12. The number of likely N-dealkylation sites (tertiary alicyclic amines) is 1. The van der Waals surface area contributed by atoms with Crippen LogP contribution in [0.15, 0.2) is 59.4 Å². The van der Waals surface area contributed by atoms with Crippen molar-refractivity contribution >= 4 is 22.5 Å². The maximum Gasteiger partial charge on any atom is 0.255 e. The van der Waals surface area contributed by atoms with Crippen molar-refractivity contribution in [1.29, 1.82) is 0 Å². The second-order valence-corrected chi connectivity index (χ2v) is 10.9. The summed E-state index contributed by atoms with van der Waals surface area (Å²) in [5.41, 5.74) is 0.934. The summed E-state index contributed by atoms with van der Waals surface area (Å²) >= 11 is 6.44. The Morgan fingerprint density at radius 2 is 1.62 bits per heavy atom. The van der Waals surface area contributed by atoms with Crippen molar-refractivity contribution < 1.29 is 13.2 Å². The summed E-state index contributed by atoms with van der Waals surface area (Å²) in [5, 5.41) is 0.634. The molecule has 4 aromatic rings. The van der Waals surface area contributed by atoms with E-state index in [4.69, 9.17) is 16.6 Å². The van der Waals surface area contributed by atoms with E-state index in [-0.39, 0.29) is 16.5 Å². The average molecular weight is 526 g/mol. The SMILES string of the molecule is CC(C)(C)N1CCC(c2cc3c(ccc(=O)n3-c3c(F)cccc3F)c(-c3ccc(F)cc3Cl)n2)CC1. The highest BCUT2D eigenvalue weighted by Gasteiger charge is 2.29. The first-order chi connectivity index (χ1) is 17.5. The van der Waals surface area contributed by atoms with E-state index in [1.807, 2.05) is 0 Å². The first-order valence-electron chi connectivity index (χ1n) is 12.3. The zero-order valence-electron chi connectivity index (χ0n) is 20.9. The third kappa shape index (κ3) is 4.78. The maximum absolute atomic E-state index is 14.9. The number of nitrogens with zero attached hydrogens (tertiary/aromatic N) is 3. The van der Waals surface area contributed by atoms with Gasteiger partial charge in [0.25, 0.3) is 5.56 Å². The molecule has 1 aliphatic heterocycles. The fourth-order valence-electron chi connectivity index (χ4n) is 5.13. The number of fused-ring (bicyclic) bond motifs is 1. The van der Waals surface area contributed by atoms with Crippen molar-refractivity contribution in [2.75, 3.05) is 13.1 Å². The van der Waals surface area contributed by atoms with Crippen LogP contribution in [0.3, 0.4) is 0 Å². The van der Waals surface area contributed by atoms with Gasteiger partial charge in [-0.15, -0.1) is 0 Å². The minimum atomic E-state index is -0.854. The van der Waals surface area contributed by atoms with E-state index in [0.29, 0.717) is 27.9 Å². The lowest BCUT2D eigenvalue weighted by molar-refractivity contribution is 0.102. The smallest absolute Gasteiger partial charge is 0.255 e. The largest absolute Gasteiger partial charge is 0.298 e. The standard InChI is InChI=1S/C29H27ClF3N3O/c1-29(2,3)35-13-11-17(12-14-35)24-16-25-20(27(34-24)19-8-7-18(31)15-21(19)30)9-10-26(37)36(25)28-22(32)5-4-6-23(28)33/h4-10,15-17H,11-14H2,1-3H3. The Balaban J connectivity index is 1.77. The lowest BCUT2D eigenvalue weighted by Crippen LogP contribution is -2.45. The lowest BCUT2D eigenvalue weighted by atomic mass is 9.89. The molecular weight excluding hydrogens is 499 g/mol. The van der Waals surface area contributed by atoms with E-state index in [2.05, 4.69) is 25.7 Å². The summed E-state index contributed by atoms with van der Waals surface area (Å²) in [4.78, 5) is 20.4. The normalized spacial score (nSPS) is 15.4. The molecule has 0 bridgehead atoms. The molecule has 0 saturated carbocycles. The predicted octanol–water partition coefficient (Wildman–Crippen LogP) is 7.10. The van der Waals surface area contributed by atoms with E-state index in [1.165, 1.54) is 30.3 Å². The van der Waals surface area contributed by atoms with E-state index < -0.39 is 28.7 Å². The van der Waals surface area contributed by atoms with Gasteiger partial charge >= 0.3 is 0 Å². The molecule has 2 aromatic carbocycles. The molecule has 1 fully saturated rings. The van der Waals surface area contributed by atoms with Gasteiger partial charge in [0.2, 0.25) is 0 Å². The second kappa shape index (κ2) is 9.62. The topological polar surface area (TPSA) is 38.1 Å². The van der Waals surface area contributed by atoms with Gasteiger partial charge < -0.3 is 0 Å². The Morgan fingerprint density at radius 3 is 2.24 bits per heavy atom. The van der Waals surface area contributed by atoms with Gasteiger partial charge in [0.1, 0.15) is 23.1 Å².